The lowest BCUT2D eigenvalue weighted by Gasteiger charge is -2.16. The number of hydrogen-bond donors (Lipinski definition) is 0. The minimum atomic E-state index is -1.21. The second kappa shape index (κ2) is 6.31. The second-order valence-corrected chi connectivity index (χ2v) is 9.05. The van der Waals surface area contributed by atoms with Gasteiger partial charge in [0.2, 0.25) is 0 Å². The van der Waals surface area contributed by atoms with E-state index in [1.54, 1.807) is 0 Å². The zero-order chi connectivity index (χ0) is 10.6. The van der Waals surface area contributed by atoms with Gasteiger partial charge in [0, 0.05) is 0 Å². The van der Waals surface area contributed by atoms with Crippen LogP contribution in [0.4, 0.5) is 0 Å². The van der Waals surface area contributed by atoms with Crippen molar-refractivity contribution in [2.75, 3.05) is 0 Å². The van der Waals surface area contributed by atoms with Gasteiger partial charge in [0.25, 0.3) is 0 Å². The summed E-state index contributed by atoms with van der Waals surface area (Å²) in [6.07, 6.45) is 1.87. The highest BCUT2D eigenvalue weighted by Crippen LogP contribution is 2.13. The predicted molar refractivity (Wildman–Crippen MR) is 76.5 cm³/mol. The average molecular weight is 229 g/mol. The normalized spacial score (nSPS) is 10.3. The summed E-state index contributed by atoms with van der Waals surface area (Å²) in [4.78, 5) is 0. The largest absolute Gasteiger partial charge is 0.316 e. The average Bonchev–Trinajstić information content (AvgIpc) is 2.19. The molecule has 0 aliphatic carbocycles. The molecule has 0 atom stereocenters. The molecule has 0 fully saturated rings. The van der Waals surface area contributed by atoms with Crippen LogP contribution >= 0.6 is 0 Å². The number of hydrogen-bond acceptors (Lipinski definition) is 0. The fourth-order valence-corrected chi connectivity index (χ4v) is 2.80. The molecule has 1 rings (SSSR count). The van der Waals surface area contributed by atoms with Crippen LogP contribution in [0.25, 0.3) is 6.08 Å². The van der Waals surface area contributed by atoms with Crippen LogP contribution in [0, 0.1) is 0 Å². The summed E-state index contributed by atoms with van der Waals surface area (Å²) in [7, 11) is -1.21. The Morgan fingerprint density at radius 1 is 1.13 bits per heavy atom. The summed E-state index contributed by atoms with van der Waals surface area (Å²) in [6, 6.07) is 9.80. The second-order valence-electron chi connectivity index (χ2n) is 4.32. The standard InChI is InChI=1S/C13H18Si.Mg.2H/c1-5-12-7-9-13(10-8-12)11-14(3,4)6-2;;;/h5-10H,1-2,11H2,3-4H3;;;. The van der Waals surface area contributed by atoms with Crippen LogP contribution in [0.1, 0.15) is 11.1 Å². The van der Waals surface area contributed by atoms with Gasteiger partial charge in [0.05, 0.1) is 8.07 Å². The molecular formula is C13H20MgSi. The lowest BCUT2D eigenvalue weighted by molar-refractivity contribution is 1.32. The van der Waals surface area contributed by atoms with Gasteiger partial charge in [-0.1, -0.05) is 55.6 Å². The SMILES string of the molecule is C=Cc1ccc(C[Si](C)(C)C=C)cc1.[MgH2]. The molecule has 0 unspecified atom stereocenters. The maximum Gasteiger partial charge on any atom is 0.316 e. The topological polar surface area (TPSA) is 0 Å². The molecule has 0 saturated carbocycles. The molecule has 0 spiro atoms. The molecule has 0 saturated heterocycles. The van der Waals surface area contributed by atoms with Crippen molar-refractivity contribution in [2.24, 2.45) is 0 Å². The van der Waals surface area contributed by atoms with Crippen molar-refractivity contribution in [2.45, 2.75) is 19.1 Å². The van der Waals surface area contributed by atoms with E-state index in [2.05, 4.69) is 56.2 Å². The Bertz CT molecular complexity index is 325. The van der Waals surface area contributed by atoms with Crippen molar-refractivity contribution in [1.29, 1.82) is 0 Å². The minimum Gasteiger partial charge on any atom is -0.107 e. The molecule has 2 heteroatoms. The van der Waals surface area contributed by atoms with Gasteiger partial charge >= 0.3 is 23.1 Å². The summed E-state index contributed by atoms with van der Waals surface area (Å²) in [5, 5.41) is 0. The minimum absolute atomic E-state index is 0. The molecule has 0 nitrogen and oxygen atoms in total. The van der Waals surface area contributed by atoms with Crippen LogP contribution in [-0.2, 0) is 6.04 Å². The van der Waals surface area contributed by atoms with Crippen LogP contribution in [0.15, 0.2) is 43.1 Å². The molecule has 0 N–H and O–H groups in total. The van der Waals surface area contributed by atoms with Gasteiger partial charge < -0.3 is 0 Å². The third kappa shape index (κ3) is 4.82. The molecule has 15 heavy (non-hydrogen) atoms. The van der Waals surface area contributed by atoms with Crippen molar-refractivity contribution in [3.05, 3.63) is 54.2 Å². The van der Waals surface area contributed by atoms with Gasteiger partial charge in [-0.3, -0.25) is 0 Å². The summed E-state index contributed by atoms with van der Waals surface area (Å²) < 4.78 is 0. The Hall–Kier alpha value is -0.317. The van der Waals surface area contributed by atoms with E-state index in [1.807, 2.05) is 6.08 Å². The van der Waals surface area contributed by atoms with E-state index >= 15 is 0 Å². The smallest absolute Gasteiger partial charge is 0.107 e. The Morgan fingerprint density at radius 3 is 2.07 bits per heavy atom. The summed E-state index contributed by atoms with van der Waals surface area (Å²) in [5.41, 5.74) is 4.74. The molecular weight excluding hydrogens is 209 g/mol. The third-order valence-corrected chi connectivity index (χ3v) is 4.85. The van der Waals surface area contributed by atoms with Crippen LogP contribution in [-0.4, -0.2) is 31.1 Å². The highest BCUT2D eigenvalue weighted by Gasteiger charge is 2.15. The van der Waals surface area contributed by atoms with Gasteiger partial charge in [0.15, 0.2) is 0 Å². The van der Waals surface area contributed by atoms with E-state index in [-0.39, 0.29) is 23.1 Å². The molecule has 0 heterocycles. The van der Waals surface area contributed by atoms with E-state index < -0.39 is 8.07 Å². The summed E-state index contributed by atoms with van der Waals surface area (Å²) >= 11 is 0. The van der Waals surface area contributed by atoms with Gasteiger partial charge in [-0.2, -0.15) is 0 Å². The lowest BCUT2D eigenvalue weighted by Crippen LogP contribution is -2.26. The molecule has 78 valence electrons. The Balaban J connectivity index is 0.00000196. The first-order valence-corrected chi connectivity index (χ1v) is 8.21. The maximum atomic E-state index is 3.91. The van der Waals surface area contributed by atoms with E-state index in [9.17, 15) is 0 Å². The summed E-state index contributed by atoms with van der Waals surface area (Å²) in [6.45, 7) is 12.3. The van der Waals surface area contributed by atoms with E-state index in [0.717, 1.165) is 0 Å². The molecule has 0 aromatic heterocycles. The zero-order valence-corrected chi connectivity index (χ0v) is 10.1. The fourth-order valence-electron chi connectivity index (χ4n) is 1.37. The van der Waals surface area contributed by atoms with Gasteiger partial charge in [-0.15, -0.1) is 12.3 Å². The number of rotatable bonds is 4. The van der Waals surface area contributed by atoms with Crippen molar-refractivity contribution in [3.8, 4) is 0 Å². The molecule has 0 bridgehead atoms. The van der Waals surface area contributed by atoms with Gasteiger partial charge in [-0.05, 0) is 11.6 Å². The quantitative estimate of drug-likeness (QED) is 0.696. The Kier molecular flexibility index (Phi) is 6.17. The monoisotopic (exact) mass is 228 g/mol. The lowest BCUT2D eigenvalue weighted by atomic mass is 10.1. The fraction of sp³-hybridized carbons (Fsp3) is 0.231. The molecule has 1 aromatic carbocycles. The highest BCUT2D eigenvalue weighted by atomic mass is 28.3. The molecule has 0 radical (unpaired) electrons. The zero-order valence-electron chi connectivity index (χ0n) is 9.09. The van der Waals surface area contributed by atoms with E-state index in [4.69, 9.17) is 0 Å². The van der Waals surface area contributed by atoms with Crippen LogP contribution in [0.2, 0.25) is 13.1 Å². The molecule has 0 aliphatic heterocycles. The highest BCUT2D eigenvalue weighted by molar-refractivity contribution is 6.81. The predicted octanol–water partition coefficient (Wildman–Crippen LogP) is 2.93. The van der Waals surface area contributed by atoms with Crippen LogP contribution in [0.5, 0.6) is 0 Å². The van der Waals surface area contributed by atoms with Crippen LogP contribution in [0.3, 0.4) is 0 Å². The Labute approximate surface area is 110 Å². The number of benzene rings is 1. The van der Waals surface area contributed by atoms with Gasteiger partial charge in [-0.25, -0.2) is 0 Å². The van der Waals surface area contributed by atoms with Crippen molar-refractivity contribution < 1.29 is 0 Å². The van der Waals surface area contributed by atoms with Crippen molar-refractivity contribution in [3.63, 3.8) is 0 Å². The van der Waals surface area contributed by atoms with E-state index in [0.29, 0.717) is 0 Å². The first-order valence-electron chi connectivity index (χ1n) is 4.92. The molecule has 0 aliphatic rings. The van der Waals surface area contributed by atoms with E-state index in [1.165, 1.54) is 17.2 Å². The Morgan fingerprint density at radius 2 is 1.67 bits per heavy atom. The van der Waals surface area contributed by atoms with Crippen LogP contribution < -0.4 is 0 Å². The summed E-state index contributed by atoms with van der Waals surface area (Å²) in [5.74, 6) is 0. The first kappa shape index (κ1) is 14.7. The first-order chi connectivity index (χ1) is 6.57. The molecule has 1 aromatic rings. The van der Waals surface area contributed by atoms with Crippen molar-refractivity contribution in [1.82, 2.24) is 0 Å². The van der Waals surface area contributed by atoms with Gasteiger partial charge in [0.1, 0.15) is 0 Å². The third-order valence-electron chi connectivity index (χ3n) is 2.43. The van der Waals surface area contributed by atoms with Crippen molar-refractivity contribution >= 4 is 37.2 Å². The molecule has 0 amide bonds. The maximum absolute atomic E-state index is 3.91.